The average molecular weight is 302 g/mol. The van der Waals surface area contributed by atoms with E-state index in [0.717, 1.165) is 0 Å². The van der Waals surface area contributed by atoms with Gasteiger partial charge in [0.2, 0.25) is 0 Å². The molecule has 1 fully saturated rings. The van der Waals surface area contributed by atoms with Crippen LogP contribution in [0.4, 0.5) is 0 Å². The Morgan fingerprint density at radius 3 is 2.47 bits per heavy atom. The fourth-order valence-electron chi connectivity index (χ4n) is 2.73. The van der Waals surface area contributed by atoms with Crippen molar-refractivity contribution >= 4 is 29.0 Å². The zero-order valence-electron chi connectivity index (χ0n) is 11.5. The number of hydrogen-bond acceptors (Lipinski definition) is 3. The lowest BCUT2D eigenvalue weighted by atomic mass is 9.83. The molecule has 3 nitrogen and oxygen atoms in total. The summed E-state index contributed by atoms with van der Waals surface area (Å²) in [5.74, 6) is -0.342. The summed E-state index contributed by atoms with van der Waals surface area (Å²) in [6.45, 7) is 7.82. The highest BCUT2D eigenvalue weighted by Crippen LogP contribution is 2.43. The maximum Gasteiger partial charge on any atom is 0.188 e. The van der Waals surface area contributed by atoms with Crippen molar-refractivity contribution in [1.29, 1.82) is 0 Å². The van der Waals surface area contributed by atoms with Gasteiger partial charge >= 0.3 is 0 Å². The second-order valence-corrected chi connectivity index (χ2v) is 6.91. The SMILES string of the molecule is CC1(C)CC(C(=O)c2ncc(Cl)cc2Cl)C(C)(C)O1. The van der Waals surface area contributed by atoms with Gasteiger partial charge in [-0.1, -0.05) is 23.2 Å². The molecule has 0 saturated carbocycles. The number of carbonyl (C=O) groups is 1. The Labute approximate surface area is 123 Å². The first-order valence-corrected chi connectivity index (χ1v) is 6.93. The monoisotopic (exact) mass is 301 g/mol. The molecule has 1 atom stereocenters. The van der Waals surface area contributed by atoms with Gasteiger partial charge in [-0.3, -0.25) is 4.79 Å². The minimum absolute atomic E-state index is 0.0859. The van der Waals surface area contributed by atoms with Crippen LogP contribution >= 0.6 is 23.2 Å². The molecule has 0 bridgehead atoms. The summed E-state index contributed by atoms with van der Waals surface area (Å²) in [7, 11) is 0. The fraction of sp³-hybridized carbons (Fsp3) is 0.571. The molecular weight excluding hydrogens is 285 g/mol. The van der Waals surface area contributed by atoms with E-state index < -0.39 is 5.60 Å². The number of Topliss-reactive ketones (excluding diaryl/α,β-unsaturated/α-hetero) is 1. The molecule has 1 aromatic rings. The molecule has 0 aliphatic carbocycles. The van der Waals surface area contributed by atoms with Crippen LogP contribution in [-0.4, -0.2) is 22.0 Å². The van der Waals surface area contributed by atoms with E-state index in [-0.39, 0.29) is 28.0 Å². The molecule has 19 heavy (non-hydrogen) atoms. The summed E-state index contributed by atoms with van der Waals surface area (Å²) in [5.41, 5.74) is -0.570. The van der Waals surface area contributed by atoms with Crippen LogP contribution in [0.3, 0.4) is 0 Å². The van der Waals surface area contributed by atoms with Crippen LogP contribution in [0, 0.1) is 5.92 Å². The molecule has 0 aromatic carbocycles. The Kier molecular flexibility index (Phi) is 3.67. The van der Waals surface area contributed by atoms with E-state index in [4.69, 9.17) is 27.9 Å². The van der Waals surface area contributed by atoms with Gasteiger partial charge in [0.05, 0.1) is 27.2 Å². The summed E-state index contributed by atoms with van der Waals surface area (Å²) in [4.78, 5) is 16.7. The Bertz CT molecular complexity index is 526. The second kappa shape index (κ2) is 4.72. The highest BCUT2D eigenvalue weighted by atomic mass is 35.5. The molecule has 1 saturated heterocycles. The molecule has 0 radical (unpaired) electrons. The van der Waals surface area contributed by atoms with Gasteiger partial charge in [0.25, 0.3) is 0 Å². The molecule has 104 valence electrons. The number of halogens is 2. The molecule has 0 N–H and O–H groups in total. The highest BCUT2D eigenvalue weighted by molar-refractivity contribution is 6.36. The number of pyridine rings is 1. The van der Waals surface area contributed by atoms with E-state index in [2.05, 4.69) is 4.98 Å². The van der Waals surface area contributed by atoms with Crippen molar-refractivity contribution in [2.45, 2.75) is 45.3 Å². The van der Waals surface area contributed by atoms with Crippen LogP contribution in [0.15, 0.2) is 12.3 Å². The first-order chi connectivity index (χ1) is 8.62. The number of carbonyl (C=O) groups excluding carboxylic acids is 1. The minimum atomic E-state index is -0.523. The van der Waals surface area contributed by atoms with Gasteiger partial charge in [-0.05, 0) is 40.2 Å². The van der Waals surface area contributed by atoms with Crippen molar-refractivity contribution < 1.29 is 9.53 Å². The van der Waals surface area contributed by atoms with Gasteiger partial charge in [0, 0.05) is 6.20 Å². The van der Waals surface area contributed by atoms with Crippen molar-refractivity contribution in [2.24, 2.45) is 5.92 Å². The first-order valence-electron chi connectivity index (χ1n) is 6.18. The lowest BCUT2D eigenvalue weighted by Crippen LogP contribution is -2.34. The van der Waals surface area contributed by atoms with E-state index in [0.29, 0.717) is 11.4 Å². The van der Waals surface area contributed by atoms with E-state index in [1.54, 1.807) is 0 Å². The van der Waals surface area contributed by atoms with Crippen LogP contribution in [0.5, 0.6) is 0 Å². The van der Waals surface area contributed by atoms with E-state index in [9.17, 15) is 4.79 Å². The lowest BCUT2D eigenvalue weighted by molar-refractivity contribution is -0.0712. The largest absolute Gasteiger partial charge is 0.369 e. The number of aromatic nitrogens is 1. The van der Waals surface area contributed by atoms with Crippen molar-refractivity contribution in [3.05, 3.63) is 28.0 Å². The smallest absolute Gasteiger partial charge is 0.188 e. The van der Waals surface area contributed by atoms with E-state index in [1.165, 1.54) is 12.3 Å². The number of hydrogen-bond donors (Lipinski definition) is 0. The summed E-state index contributed by atoms with van der Waals surface area (Å²) >= 11 is 11.9. The van der Waals surface area contributed by atoms with Crippen molar-refractivity contribution in [3.8, 4) is 0 Å². The Hall–Kier alpha value is -0.640. The molecule has 1 unspecified atom stereocenters. The topological polar surface area (TPSA) is 39.2 Å². The average Bonchev–Trinajstić information content (AvgIpc) is 2.45. The van der Waals surface area contributed by atoms with Crippen molar-refractivity contribution in [2.75, 3.05) is 0 Å². The van der Waals surface area contributed by atoms with Crippen molar-refractivity contribution in [3.63, 3.8) is 0 Å². The van der Waals surface area contributed by atoms with E-state index >= 15 is 0 Å². The Morgan fingerprint density at radius 2 is 2.00 bits per heavy atom. The van der Waals surface area contributed by atoms with Gasteiger partial charge < -0.3 is 4.74 Å². The summed E-state index contributed by atoms with van der Waals surface area (Å²) in [6, 6.07) is 1.54. The third-order valence-electron chi connectivity index (χ3n) is 3.43. The minimum Gasteiger partial charge on any atom is -0.369 e. The number of ether oxygens (including phenoxy) is 1. The summed E-state index contributed by atoms with van der Waals surface area (Å²) < 4.78 is 5.94. The van der Waals surface area contributed by atoms with Gasteiger partial charge in [0.1, 0.15) is 5.69 Å². The molecular formula is C14H17Cl2NO2. The normalized spacial score (nSPS) is 24.4. The van der Waals surface area contributed by atoms with Gasteiger partial charge in [0.15, 0.2) is 5.78 Å². The Balaban J connectivity index is 2.34. The predicted molar refractivity (Wildman–Crippen MR) is 75.9 cm³/mol. The van der Waals surface area contributed by atoms with Crippen LogP contribution in [-0.2, 0) is 4.74 Å². The molecule has 2 rings (SSSR count). The molecule has 2 heterocycles. The van der Waals surface area contributed by atoms with Gasteiger partial charge in [-0.2, -0.15) is 0 Å². The van der Waals surface area contributed by atoms with Gasteiger partial charge in [-0.25, -0.2) is 4.98 Å². The van der Waals surface area contributed by atoms with Crippen LogP contribution in [0.2, 0.25) is 10.0 Å². The Morgan fingerprint density at radius 1 is 1.37 bits per heavy atom. The second-order valence-electron chi connectivity index (χ2n) is 6.07. The molecule has 1 aromatic heterocycles. The number of ketones is 1. The predicted octanol–water partition coefficient (Wildman–Crippen LogP) is 4.16. The maximum atomic E-state index is 12.6. The maximum absolute atomic E-state index is 12.6. The molecule has 0 amide bonds. The van der Waals surface area contributed by atoms with Crippen molar-refractivity contribution in [1.82, 2.24) is 4.98 Å². The van der Waals surface area contributed by atoms with E-state index in [1.807, 2.05) is 27.7 Å². The number of nitrogens with zero attached hydrogens (tertiary/aromatic N) is 1. The quantitative estimate of drug-likeness (QED) is 0.770. The van der Waals surface area contributed by atoms with Crippen LogP contribution in [0.1, 0.15) is 44.6 Å². The third kappa shape index (κ3) is 2.93. The molecule has 0 spiro atoms. The zero-order chi connectivity index (χ0) is 14.4. The summed E-state index contributed by atoms with van der Waals surface area (Å²) in [5, 5.41) is 0.710. The number of rotatable bonds is 2. The fourth-order valence-corrected chi connectivity index (χ4v) is 3.20. The molecule has 1 aliphatic rings. The first kappa shape index (κ1) is 14.8. The standard InChI is InChI=1S/C14H17Cl2NO2/c1-13(2)6-9(14(3,4)19-13)12(18)11-10(16)5-8(15)7-17-11/h5,7,9H,6H2,1-4H3. The zero-order valence-corrected chi connectivity index (χ0v) is 13.0. The highest BCUT2D eigenvalue weighted by Gasteiger charge is 2.49. The molecule has 1 aliphatic heterocycles. The molecule has 5 heteroatoms. The van der Waals surface area contributed by atoms with Gasteiger partial charge in [-0.15, -0.1) is 0 Å². The summed E-state index contributed by atoms with van der Waals surface area (Å²) in [6.07, 6.45) is 2.09. The van der Waals surface area contributed by atoms with Crippen LogP contribution in [0.25, 0.3) is 0 Å². The third-order valence-corrected chi connectivity index (χ3v) is 3.93. The lowest BCUT2D eigenvalue weighted by Gasteiger charge is -2.26. The van der Waals surface area contributed by atoms with Crippen LogP contribution < -0.4 is 0 Å².